The highest BCUT2D eigenvalue weighted by Gasteiger charge is 2.56. The number of nitrogens with zero attached hydrogens (tertiary/aromatic N) is 2. The van der Waals surface area contributed by atoms with Crippen molar-refractivity contribution in [3.8, 4) is 11.1 Å². The molecule has 2 aliphatic rings. The van der Waals surface area contributed by atoms with Crippen molar-refractivity contribution in [2.24, 2.45) is 11.1 Å². The number of nitro benzene ring substituents is 1. The number of unbranched alkanes of at least 4 members (excludes halogenated alkanes) is 1. The zero-order valence-electron chi connectivity index (χ0n) is 16.7. The summed E-state index contributed by atoms with van der Waals surface area (Å²) in [6.45, 7) is 2.18. The van der Waals surface area contributed by atoms with Crippen molar-refractivity contribution in [3.05, 3.63) is 99.6 Å². The first-order valence-electron chi connectivity index (χ1n) is 10.4. The van der Waals surface area contributed by atoms with Gasteiger partial charge in [-0.1, -0.05) is 73.5 Å². The van der Waals surface area contributed by atoms with Crippen molar-refractivity contribution >= 4 is 11.4 Å². The average molecular weight is 398 g/mol. The zero-order valence-corrected chi connectivity index (χ0v) is 16.7. The number of hydrogen-bond donors (Lipinski definition) is 0. The lowest BCUT2D eigenvalue weighted by Crippen LogP contribution is -2.36. The van der Waals surface area contributed by atoms with E-state index >= 15 is 0 Å². The minimum Gasteiger partial charge on any atom is -0.378 e. The number of rotatable bonds is 5. The van der Waals surface area contributed by atoms with Crippen molar-refractivity contribution in [1.82, 2.24) is 0 Å². The van der Waals surface area contributed by atoms with Crippen LogP contribution in [-0.4, -0.2) is 10.6 Å². The first-order chi connectivity index (χ1) is 14.7. The van der Waals surface area contributed by atoms with Crippen LogP contribution in [-0.2, 0) is 10.4 Å². The lowest BCUT2D eigenvalue weighted by molar-refractivity contribution is -0.384. The van der Waals surface area contributed by atoms with Gasteiger partial charge in [-0.2, -0.15) is 0 Å². The first kappa shape index (κ1) is 18.6. The van der Waals surface area contributed by atoms with Gasteiger partial charge < -0.3 is 4.84 Å². The Labute approximate surface area is 175 Å². The van der Waals surface area contributed by atoms with E-state index in [1.807, 2.05) is 0 Å². The third kappa shape index (κ3) is 2.58. The number of hydrogen-bond acceptors (Lipinski definition) is 4. The topological polar surface area (TPSA) is 64.7 Å². The normalized spacial score (nSPS) is 17.9. The van der Waals surface area contributed by atoms with Gasteiger partial charge in [0.1, 0.15) is 0 Å². The van der Waals surface area contributed by atoms with Crippen LogP contribution in [0.15, 0.2) is 78.0 Å². The molecule has 1 unspecified atom stereocenters. The molecule has 5 heteroatoms. The molecule has 1 atom stereocenters. The number of non-ortho nitro benzene ring substituents is 1. The van der Waals surface area contributed by atoms with Crippen LogP contribution in [0.3, 0.4) is 0 Å². The smallest absolute Gasteiger partial charge is 0.269 e. The Balaban J connectivity index is 1.65. The molecule has 0 N–H and O–H groups in total. The molecule has 0 aromatic heterocycles. The fourth-order valence-corrected chi connectivity index (χ4v) is 4.90. The fraction of sp³-hybridized carbons (Fsp3) is 0.240. The number of fused-ring (bicyclic) bond motifs is 5. The van der Waals surface area contributed by atoms with E-state index in [9.17, 15) is 10.1 Å². The van der Waals surface area contributed by atoms with Crippen LogP contribution in [0.1, 0.15) is 42.9 Å². The van der Waals surface area contributed by atoms with E-state index in [2.05, 4.69) is 60.6 Å². The van der Waals surface area contributed by atoms with Gasteiger partial charge in [0.2, 0.25) is 0 Å². The largest absolute Gasteiger partial charge is 0.378 e. The highest BCUT2D eigenvalue weighted by molar-refractivity contribution is 6.05. The molecule has 0 saturated heterocycles. The summed E-state index contributed by atoms with van der Waals surface area (Å²) in [7, 11) is 0. The summed E-state index contributed by atoms with van der Waals surface area (Å²) in [6.07, 6.45) is 3.05. The second-order valence-corrected chi connectivity index (χ2v) is 7.89. The molecular weight excluding hydrogens is 376 g/mol. The molecule has 0 fully saturated rings. The van der Waals surface area contributed by atoms with E-state index in [0.29, 0.717) is 0 Å². The Bertz CT molecular complexity index is 1110. The van der Waals surface area contributed by atoms with Crippen LogP contribution in [0.5, 0.6) is 0 Å². The lowest BCUT2D eigenvalue weighted by atomic mass is 9.73. The molecule has 5 rings (SSSR count). The van der Waals surface area contributed by atoms with Crippen molar-refractivity contribution in [2.45, 2.75) is 31.8 Å². The maximum Gasteiger partial charge on any atom is 0.269 e. The van der Waals surface area contributed by atoms with E-state index in [1.165, 1.54) is 23.3 Å². The summed E-state index contributed by atoms with van der Waals surface area (Å²) < 4.78 is 0. The van der Waals surface area contributed by atoms with E-state index in [-0.39, 0.29) is 16.5 Å². The quantitative estimate of drug-likeness (QED) is 0.388. The van der Waals surface area contributed by atoms with Gasteiger partial charge in [-0.3, -0.25) is 10.1 Å². The molecule has 0 bridgehead atoms. The monoisotopic (exact) mass is 398 g/mol. The van der Waals surface area contributed by atoms with Crippen LogP contribution in [0, 0.1) is 16.0 Å². The first-order valence-corrected chi connectivity index (χ1v) is 10.4. The predicted molar refractivity (Wildman–Crippen MR) is 116 cm³/mol. The second kappa shape index (κ2) is 7.10. The average Bonchev–Trinajstić information content (AvgIpc) is 3.30. The van der Waals surface area contributed by atoms with Gasteiger partial charge in [0.05, 0.1) is 16.6 Å². The van der Waals surface area contributed by atoms with Gasteiger partial charge in [0, 0.05) is 28.8 Å². The Morgan fingerprint density at radius 3 is 2.13 bits per heavy atom. The second-order valence-electron chi connectivity index (χ2n) is 7.89. The molecule has 3 aromatic carbocycles. The highest BCUT2D eigenvalue weighted by atomic mass is 16.7. The predicted octanol–water partition coefficient (Wildman–Crippen LogP) is 6.06. The number of benzene rings is 3. The van der Waals surface area contributed by atoms with Gasteiger partial charge in [-0.25, -0.2) is 0 Å². The number of oxime groups is 1. The third-order valence-corrected chi connectivity index (χ3v) is 6.27. The summed E-state index contributed by atoms with van der Waals surface area (Å²) in [6, 6.07) is 23.4. The Morgan fingerprint density at radius 1 is 0.967 bits per heavy atom. The molecule has 1 aliphatic heterocycles. The van der Waals surface area contributed by atoms with Gasteiger partial charge in [0.15, 0.2) is 5.60 Å². The molecule has 150 valence electrons. The minimum atomic E-state index is -0.653. The highest BCUT2D eigenvalue weighted by Crippen LogP contribution is 2.57. The van der Waals surface area contributed by atoms with E-state index < -0.39 is 5.60 Å². The Kier molecular flexibility index (Phi) is 4.39. The molecular formula is C25H22N2O3. The van der Waals surface area contributed by atoms with Crippen LogP contribution in [0.4, 0.5) is 5.69 Å². The standard InChI is InChI=1S/C25H22N2O3/c1-2-3-10-23-24(17-13-15-18(16-14-17)27(28)29)26-30-25(23)21-11-6-4-8-19(21)20-9-5-7-12-22(20)25/h4-9,11-16,23H,2-3,10H2,1H3. The maximum atomic E-state index is 11.1. The summed E-state index contributed by atoms with van der Waals surface area (Å²) in [5, 5.41) is 15.7. The minimum absolute atomic E-state index is 0.0312. The summed E-state index contributed by atoms with van der Waals surface area (Å²) in [5.41, 5.74) is 5.84. The van der Waals surface area contributed by atoms with Crippen molar-refractivity contribution in [3.63, 3.8) is 0 Å². The van der Waals surface area contributed by atoms with E-state index in [0.717, 1.165) is 41.7 Å². The summed E-state index contributed by atoms with van der Waals surface area (Å²) in [4.78, 5) is 17.1. The molecule has 30 heavy (non-hydrogen) atoms. The van der Waals surface area contributed by atoms with Gasteiger partial charge in [0.25, 0.3) is 5.69 Å². The molecule has 1 heterocycles. The summed E-state index contributed by atoms with van der Waals surface area (Å²) >= 11 is 0. The molecule has 5 nitrogen and oxygen atoms in total. The molecule has 1 spiro atoms. The third-order valence-electron chi connectivity index (χ3n) is 6.27. The van der Waals surface area contributed by atoms with Crippen molar-refractivity contribution in [2.75, 3.05) is 0 Å². The van der Waals surface area contributed by atoms with Crippen LogP contribution >= 0.6 is 0 Å². The van der Waals surface area contributed by atoms with Crippen LogP contribution in [0.2, 0.25) is 0 Å². The lowest BCUT2D eigenvalue weighted by Gasteiger charge is -2.31. The Morgan fingerprint density at radius 2 is 1.57 bits per heavy atom. The molecule has 0 saturated carbocycles. The van der Waals surface area contributed by atoms with Crippen LogP contribution < -0.4 is 0 Å². The SMILES string of the molecule is CCCCC1C(c2ccc([N+](=O)[O-])cc2)=NOC12c1ccccc1-c1ccccc12. The van der Waals surface area contributed by atoms with Gasteiger partial charge in [-0.15, -0.1) is 0 Å². The molecule has 0 radical (unpaired) electrons. The number of nitro groups is 1. The van der Waals surface area contributed by atoms with Gasteiger partial charge >= 0.3 is 0 Å². The summed E-state index contributed by atoms with van der Waals surface area (Å²) in [5.74, 6) is 0.0312. The van der Waals surface area contributed by atoms with Crippen LogP contribution in [0.25, 0.3) is 11.1 Å². The molecule has 1 aliphatic carbocycles. The maximum absolute atomic E-state index is 11.1. The zero-order chi connectivity index (χ0) is 20.7. The van der Waals surface area contributed by atoms with E-state index in [4.69, 9.17) is 4.84 Å². The van der Waals surface area contributed by atoms with Gasteiger partial charge in [-0.05, 0) is 29.7 Å². The van der Waals surface area contributed by atoms with Crippen molar-refractivity contribution < 1.29 is 9.76 Å². The van der Waals surface area contributed by atoms with E-state index in [1.54, 1.807) is 12.1 Å². The molecule has 3 aromatic rings. The van der Waals surface area contributed by atoms with Crippen molar-refractivity contribution in [1.29, 1.82) is 0 Å². The fourth-order valence-electron chi connectivity index (χ4n) is 4.90. The Hall–Kier alpha value is -3.47. The molecule has 0 amide bonds.